The molecule has 0 fully saturated rings. The topological polar surface area (TPSA) is 125 Å². The van der Waals surface area contributed by atoms with Gasteiger partial charge in [-0.1, -0.05) is 66.2 Å². The van der Waals surface area contributed by atoms with Gasteiger partial charge in [-0.15, -0.1) is 11.8 Å². The molecule has 5 aromatic carbocycles. The van der Waals surface area contributed by atoms with Gasteiger partial charge in [-0.3, -0.25) is 14.4 Å². The van der Waals surface area contributed by atoms with Crippen LogP contribution in [-0.4, -0.2) is 28.8 Å². The summed E-state index contributed by atoms with van der Waals surface area (Å²) >= 11 is 7.48. The summed E-state index contributed by atoms with van der Waals surface area (Å²) in [5.74, 6) is -3.34. The van der Waals surface area contributed by atoms with Crippen LogP contribution in [0.15, 0.2) is 138 Å². The number of carbonyl (C=O) groups excluding carboxylic acids is 3. The quantitative estimate of drug-likeness (QED) is 0.0827. The van der Waals surface area contributed by atoms with Crippen LogP contribution in [0.3, 0.4) is 0 Å². The lowest BCUT2D eigenvalue weighted by Gasteiger charge is -2.18. The molecule has 1 unspecified atom stereocenters. The van der Waals surface area contributed by atoms with E-state index in [0.717, 1.165) is 5.56 Å². The molecule has 0 saturated heterocycles. The third-order valence-electron chi connectivity index (χ3n) is 6.92. The monoisotopic (exact) mass is 679 g/mol. The first-order chi connectivity index (χ1) is 23.2. The van der Waals surface area contributed by atoms with Crippen LogP contribution in [0.2, 0.25) is 5.02 Å². The highest BCUT2D eigenvalue weighted by atomic mass is 35.5. The minimum Gasteiger partial charge on any atom is -0.478 e. The zero-order valence-electron chi connectivity index (χ0n) is 25.0. The summed E-state index contributed by atoms with van der Waals surface area (Å²) < 4.78 is 14.6. The van der Waals surface area contributed by atoms with Gasteiger partial charge < -0.3 is 21.1 Å². The van der Waals surface area contributed by atoms with Gasteiger partial charge in [0, 0.05) is 27.4 Å². The van der Waals surface area contributed by atoms with Crippen molar-refractivity contribution in [2.75, 3.05) is 10.6 Å². The highest BCUT2D eigenvalue weighted by Crippen LogP contribution is 2.37. The minimum atomic E-state index is -1.07. The van der Waals surface area contributed by atoms with Crippen molar-refractivity contribution >= 4 is 64.5 Å². The van der Waals surface area contributed by atoms with E-state index in [1.165, 1.54) is 60.3 Å². The van der Waals surface area contributed by atoms with Crippen molar-refractivity contribution in [2.45, 2.75) is 10.1 Å². The van der Waals surface area contributed by atoms with Crippen molar-refractivity contribution in [2.24, 2.45) is 0 Å². The maximum Gasteiger partial charge on any atom is 0.335 e. The van der Waals surface area contributed by atoms with E-state index < -0.39 is 28.9 Å². The van der Waals surface area contributed by atoms with E-state index in [1.807, 2.05) is 30.3 Å². The van der Waals surface area contributed by atoms with Crippen LogP contribution in [0.4, 0.5) is 15.8 Å². The summed E-state index contributed by atoms with van der Waals surface area (Å²) in [4.78, 5) is 51.7. The lowest BCUT2D eigenvalue weighted by atomic mass is 10.1. The molecular formula is C37H27ClFN3O5S. The molecule has 0 bridgehead atoms. The summed E-state index contributed by atoms with van der Waals surface area (Å²) in [6, 6.07) is 34.1. The Bertz CT molecular complexity index is 1950. The maximum atomic E-state index is 14.6. The van der Waals surface area contributed by atoms with Crippen LogP contribution >= 0.6 is 23.4 Å². The molecule has 0 aliphatic rings. The Balaban J connectivity index is 1.34. The van der Waals surface area contributed by atoms with Gasteiger partial charge in [0.15, 0.2) is 0 Å². The van der Waals surface area contributed by atoms with Crippen molar-refractivity contribution in [3.05, 3.63) is 166 Å². The van der Waals surface area contributed by atoms with E-state index in [-0.39, 0.29) is 27.8 Å². The van der Waals surface area contributed by atoms with Gasteiger partial charge in [0.05, 0.1) is 10.6 Å². The Morgan fingerprint density at radius 2 is 1.31 bits per heavy atom. The predicted octanol–water partition coefficient (Wildman–Crippen LogP) is 8.06. The van der Waals surface area contributed by atoms with Gasteiger partial charge in [0.25, 0.3) is 11.8 Å². The number of aromatic carboxylic acids is 1. The number of nitrogens with one attached hydrogen (secondary N) is 3. The molecule has 5 rings (SSSR count). The summed E-state index contributed by atoms with van der Waals surface area (Å²) in [6.45, 7) is 0. The van der Waals surface area contributed by atoms with Gasteiger partial charge in [-0.2, -0.15) is 0 Å². The Kier molecular flexibility index (Phi) is 11.0. The lowest BCUT2D eigenvalue weighted by molar-refractivity contribution is -0.116. The predicted molar refractivity (Wildman–Crippen MR) is 185 cm³/mol. The number of carboxylic acids is 1. The number of amides is 3. The average molecular weight is 680 g/mol. The van der Waals surface area contributed by atoms with Gasteiger partial charge in [0.2, 0.25) is 5.91 Å². The van der Waals surface area contributed by atoms with Gasteiger partial charge in [-0.25, -0.2) is 9.18 Å². The fraction of sp³-hybridized carbons (Fsp3) is 0.0270. The highest BCUT2D eigenvalue weighted by molar-refractivity contribution is 8.00. The largest absolute Gasteiger partial charge is 0.478 e. The Labute approximate surface area is 284 Å². The molecule has 1 atom stereocenters. The third-order valence-corrected chi connectivity index (χ3v) is 8.52. The van der Waals surface area contributed by atoms with Gasteiger partial charge in [0.1, 0.15) is 16.8 Å². The van der Waals surface area contributed by atoms with Crippen LogP contribution in [0.1, 0.15) is 37.1 Å². The molecule has 11 heteroatoms. The van der Waals surface area contributed by atoms with Crippen LogP contribution in [0, 0.1) is 5.82 Å². The molecule has 0 heterocycles. The number of anilines is 2. The van der Waals surface area contributed by atoms with E-state index in [4.69, 9.17) is 16.7 Å². The number of benzene rings is 5. The van der Waals surface area contributed by atoms with Crippen LogP contribution in [-0.2, 0) is 9.59 Å². The molecule has 0 aliphatic carbocycles. The SMILES string of the molecule is O=C(Nc1ccc(SC(C(=O)Nc2ccc(C(=O)O)cc2)c2ccccc2)cc1)/C(=C/c1c(F)cccc1Cl)NC(=O)c1ccccc1. The summed E-state index contributed by atoms with van der Waals surface area (Å²) in [5, 5.41) is 16.7. The van der Waals surface area contributed by atoms with E-state index >= 15 is 0 Å². The number of rotatable bonds is 11. The van der Waals surface area contributed by atoms with Crippen LogP contribution in [0.5, 0.6) is 0 Å². The zero-order valence-corrected chi connectivity index (χ0v) is 26.6. The highest BCUT2D eigenvalue weighted by Gasteiger charge is 2.23. The van der Waals surface area contributed by atoms with Crippen molar-refractivity contribution in [1.29, 1.82) is 0 Å². The number of thioether (sulfide) groups is 1. The molecule has 48 heavy (non-hydrogen) atoms. The first-order valence-corrected chi connectivity index (χ1v) is 15.7. The number of carbonyl (C=O) groups is 4. The third kappa shape index (κ3) is 8.75. The molecule has 0 radical (unpaired) electrons. The fourth-order valence-electron chi connectivity index (χ4n) is 4.49. The summed E-state index contributed by atoms with van der Waals surface area (Å²) in [6.07, 6.45) is 1.18. The number of halogens is 2. The number of hydrogen-bond donors (Lipinski definition) is 4. The van der Waals surface area contributed by atoms with Gasteiger partial charge in [-0.05, 0) is 84.4 Å². The molecule has 4 N–H and O–H groups in total. The minimum absolute atomic E-state index is 0.0601. The molecule has 240 valence electrons. The standard InChI is InChI=1S/C37H27ClFN3O5S/c38-30-12-7-13-31(39)29(30)22-32(42-34(43)24-10-5-2-6-11-24)35(44)40-27-18-20-28(21-19-27)48-33(23-8-3-1-4-9-23)36(45)41-26-16-14-25(15-17-26)37(46)47/h1-22,33H,(H,40,44)(H,41,45)(H,42,43)(H,46,47)/b32-22-. The van der Waals surface area contributed by atoms with E-state index in [0.29, 0.717) is 21.8 Å². The normalized spacial score (nSPS) is 11.7. The molecule has 3 amide bonds. The molecule has 5 aromatic rings. The second kappa shape index (κ2) is 15.7. The second-order valence-electron chi connectivity index (χ2n) is 10.3. The maximum absolute atomic E-state index is 14.6. The van der Waals surface area contributed by atoms with Crippen LogP contribution < -0.4 is 16.0 Å². The Morgan fingerprint density at radius 3 is 1.94 bits per heavy atom. The molecule has 0 aliphatic heterocycles. The Hall–Kier alpha value is -5.71. The first-order valence-electron chi connectivity index (χ1n) is 14.5. The summed E-state index contributed by atoms with van der Waals surface area (Å²) in [5.41, 5.74) is 1.68. The van der Waals surface area contributed by atoms with E-state index in [1.54, 1.807) is 54.6 Å². The van der Waals surface area contributed by atoms with Crippen LogP contribution in [0.25, 0.3) is 6.08 Å². The second-order valence-corrected chi connectivity index (χ2v) is 11.9. The molecule has 0 aromatic heterocycles. The summed E-state index contributed by atoms with van der Waals surface area (Å²) in [7, 11) is 0. The van der Waals surface area contributed by atoms with Crippen molar-refractivity contribution in [3.63, 3.8) is 0 Å². The molecule has 0 spiro atoms. The lowest BCUT2D eigenvalue weighted by Crippen LogP contribution is -2.30. The van der Waals surface area contributed by atoms with Crippen molar-refractivity contribution in [1.82, 2.24) is 5.32 Å². The van der Waals surface area contributed by atoms with E-state index in [2.05, 4.69) is 16.0 Å². The number of carboxylic acid groups (broad SMARTS) is 1. The fourth-order valence-corrected chi connectivity index (χ4v) is 5.73. The first kappa shape index (κ1) is 33.6. The smallest absolute Gasteiger partial charge is 0.335 e. The molecule has 8 nitrogen and oxygen atoms in total. The van der Waals surface area contributed by atoms with Crippen molar-refractivity contribution < 1.29 is 28.7 Å². The zero-order chi connectivity index (χ0) is 34.0. The van der Waals surface area contributed by atoms with Crippen molar-refractivity contribution in [3.8, 4) is 0 Å². The molecular weight excluding hydrogens is 653 g/mol. The van der Waals surface area contributed by atoms with Gasteiger partial charge >= 0.3 is 5.97 Å². The number of hydrogen-bond acceptors (Lipinski definition) is 5. The van der Waals surface area contributed by atoms with E-state index in [9.17, 15) is 23.6 Å². The average Bonchev–Trinajstić information content (AvgIpc) is 3.10. The Morgan fingerprint density at radius 1 is 0.708 bits per heavy atom. The molecule has 0 saturated carbocycles.